The SMILES string of the molecule is CCCOc1ncccc1CNC(=O)c1cccc(S(=O)(=O)NCC2CC2)c1. The molecule has 0 saturated heterocycles. The summed E-state index contributed by atoms with van der Waals surface area (Å²) in [6.45, 7) is 3.24. The van der Waals surface area contributed by atoms with E-state index in [1.807, 2.05) is 13.0 Å². The summed E-state index contributed by atoms with van der Waals surface area (Å²) in [5, 5.41) is 2.80. The summed E-state index contributed by atoms with van der Waals surface area (Å²) >= 11 is 0. The number of aromatic nitrogens is 1. The maximum absolute atomic E-state index is 12.5. The topological polar surface area (TPSA) is 97.4 Å². The van der Waals surface area contributed by atoms with Crippen molar-refractivity contribution in [1.82, 2.24) is 15.0 Å². The monoisotopic (exact) mass is 403 g/mol. The molecule has 28 heavy (non-hydrogen) atoms. The molecule has 1 saturated carbocycles. The molecule has 0 unspecified atom stereocenters. The zero-order valence-electron chi connectivity index (χ0n) is 15.8. The molecular weight excluding hydrogens is 378 g/mol. The van der Waals surface area contributed by atoms with Crippen LogP contribution in [0.15, 0.2) is 47.5 Å². The molecule has 0 radical (unpaired) electrons. The molecular formula is C20H25N3O4S. The molecule has 1 aromatic heterocycles. The number of hydrogen-bond acceptors (Lipinski definition) is 5. The highest BCUT2D eigenvalue weighted by molar-refractivity contribution is 7.89. The molecule has 0 atom stereocenters. The molecule has 0 aliphatic heterocycles. The second-order valence-electron chi connectivity index (χ2n) is 6.82. The van der Waals surface area contributed by atoms with Crippen molar-refractivity contribution < 1.29 is 17.9 Å². The number of sulfonamides is 1. The summed E-state index contributed by atoms with van der Waals surface area (Å²) in [5.41, 5.74) is 1.05. The molecule has 1 aliphatic carbocycles. The van der Waals surface area contributed by atoms with Crippen molar-refractivity contribution in [2.75, 3.05) is 13.2 Å². The number of hydrogen-bond donors (Lipinski definition) is 2. The molecule has 1 fully saturated rings. The van der Waals surface area contributed by atoms with E-state index in [9.17, 15) is 13.2 Å². The maximum Gasteiger partial charge on any atom is 0.251 e. The molecule has 2 N–H and O–H groups in total. The number of ether oxygens (including phenoxy) is 1. The predicted octanol–water partition coefficient (Wildman–Crippen LogP) is 2.49. The van der Waals surface area contributed by atoms with Crippen LogP contribution in [0.4, 0.5) is 0 Å². The van der Waals surface area contributed by atoms with Gasteiger partial charge in [-0.25, -0.2) is 18.1 Å². The molecule has 0 spiro atoms. The average Bonchev–Trinajstić information content (AvgIpc) is 3.54. The van der Waals surface area contributed by atoms with Gasteiger partial charge >= 0.3 is 0 Å². The molecule has 2 aromatic rings. The Labute approximate surface area is 165 Å². The Kier molecular flexibility index (Phi) is 6.64. The predicted molar refractivity (Wildman–Crippen MR) is 106 cm³/mol. The van der Waals surface area contributed by atoms with E-state index in [4.69, 9.17) is 4.74 Å². The summed E-state index contributed by atoms with van der Waals surface area (Å²) < 4.78 is 33.0. The normalized spacial score (nSPS) is 13.9. The van der Waals surface area contributed by atoms with E-state index in [1.54, 1.807) is 24.4 Å². The van der Waals surface area contributed by atoms with E-state index < -0.39 is 10.0 Å². The van der Waals surface area contributed by atoms with Crippen molar-refractivity contribution in [2.45, 2.75) is 37.6 Å². The zero-order valence-corrected chi connectivity index (χ0v) is 16.7. The van der Waals surface area contributed by atoms with Gasteiger partial charge in [-0.05, 0) is 49.4 Å². The lowest BCUT2D eigenvalue weighted by Crippen LogP contribution is -2.27. The van der Waals surface area contributed by atoms with Gasteiger partial charge in [0.15, 0.2) is 0 Å². The highest BCUT2D eigenvalue weighted by Gasteiger charge is 2.24. The second-order valence-corrected chi connectivity index (χ2v) is 8.59. The van der Waals surface area contributed by atoms with E-state index in [1.165, 1.54) is 12.1 Å². The summed E-state index contributed by atoms with van der Waals surface area (Å²) in [5.74, 6) is 0.569. The summed E-state index contributed by atoms with van der Waals surface area (Å²) in [4.78, 5) is 16.8. The minimum Gasteiger partial charge on any atom is -0.477 e. The van der Waals surface area contributed by atoms with Crippen LogP contribution < -0.4 is 14.8 Å². The van der Waals surface area contributed by atoms with Crippen LogP contribution in [0.1, 0.15) is 42.1 Å². The fourth-order valence-corrected chi connectivity index (χ4v) is 3.76. The van der Waals surface area contributed by atoms with Gasteiger partial charge < -0.3 is 10.1 Å². The Morgan fingerprint density at radius 3 is 2.82 bits per heavy atom. The fraction of sp³-hybridized carbons (Fsp3) is 0.400. The summed E-state index contributed by atoms with van der Waals surface area (Å²) in [6.07, 6.45) is 4.62. The van der Waals surface area contributed by atoms with Gasteiger partial charge in [0.1, 0.15) is 0 Å². The fourth-order valence-electron chi connectivity index (χ4n) is 2.60. The van der Waals surface area contributed by atoms with Crippen LogP contribution >= 0.6 is 0 Å². The molecule has 1 heterocycles. The quantitative estimate of drug-likeness (QED) is 0.635. The average molecular weight is 404 g/mol. The number of nitrogens with one attached hydrogen (secondary N) is 2. The second kappa shape index (κ2) is 9.16. The van der Waals surface area contributed by atoms with Crippen molar-refractivity contribution in [2.24, 2.45) is 5.92 Å². The van der Waals surface area contributed by atoms with Crippen LogP contribution in [0.3, 0.4) is 0 Å². The van der Waals surface area contributed by atoms with Gasteiger partial charge in [0.05, 0.1) is 11.5 Å². The molecule has 150 valence electrons. The smallest absolute Gasteiger partial charge is 0.251 e. The van der Waals surface area contributed by atoms with Crippen LogP contribution in [0.5, 0.6) is 5.88 Å². The molecule has 8 heteroatoms. The first-order valence-electron chi connectivity index (χ1n) is 9.44. The van der Waals surface area contributed by atoms with E-state index >= 15 is 0 Å². The number of carbonyl (C=O) groups excluding carboxylic acids is 1. The van der Waals surface area contributed by atoms with Crippen molar-refractivity contribution >= 4 is 15.9 Å². The standard InChI is InChI=1S/C20H25N3O4S/c1-2-11-27-20-17(6-4-10-21-20)14-22-19(24)16-5-3-7-18(12-16)28(25,26)23-13-15-8-9-15/h3-7,10,12,15,23H,2,8-9,11,13-14H2,1H3,(H,22,24). The lowest BCUT2D eigenvalue weighted by Gasteiger charge is -2.11. The van der Waals surface area contributed by atoms with Gasteiger partial charge in [0.2, 0.25) is 15.9 Å². The van der Waals surface area contributed by atoms with Gasteiger partial charge in [-0.2, -0.15) is 0 Å². The number of amides is 1. The van der Waals surface area contributed by atoms with Crippen LogP contribution in [0, 0.1) is 5.92 Å². The summed E-state index contributed by atoms with van der Waals surface area (Å²) in [7, 11) is -3.62. The van der Waals surface area contributed by atoms with Crippen molar-refractivity contribution in [3.05, 3.63) is 53.7 Å². The summed E-state index contributed by atoms with van der Waals surface area (Å²) in [6, 6.07) is 9.65. The minimum absolute atomic E-state index is 0.0918. The Morgan fingerprint density at radius 1 is 1.25 bits per heavy atom. The van der Waals surface area contributed by atoms with E-state index in [0.717, 1.165) is 24.8 Å². The van der Waals surface area contributed by atoms with E-state index in [0.29, 0.717) is 24.9 Å². The first-order chi connectivity index (χ1) is 13.5. The first-order valence-corrected chi connectivity index (χ1v) is 10.9. The van der Waals surface area contributed by atoms with Crippen LogP contribution in [0.2, 0.25) is 0 Å². The molecule has 3 rings (SSSR count). The Morgan fingerprint density at radius 2 is 2.07 bits per heavy atom. The maximum atomic E-state index is 12.5. The van der Waals surface area contributed by atoms with Gasteiger partial charge in [-0.1, -0.05) is 19.1 Å². The number of rotatable bonds is 10. The van der Waals surface area contributed by atoms with Gasteiger partial charge in [0.25, 0.3) is 5.91 Å². The van der Waals surface area contributed by atoms with Crippen molar-refractivity contribution in [3.8, 4) is 5.88 Å². The largest absolute Gasteiger partial charge is 0.477 e. The van der Waals surface area contributed by atoms with Crippen LogP contribution in [-0.2, 0) is 16.6 Å². The van der Waals surface area contributed by atoms with E-state index in [-0.39, 0.29) is 22.9 Å². The number of pyridine rings is 1. The van der Waals surface area contributed by atoms with Crippen molar-refractivity contribution in [1.29, 1.82) is 0 Å². The third-order valence-electron chi connectivity index (χ3n) is 4.40. The highest BCUT2D eigenvalue weighted by Crippen LogP contribution is 2.28. The number of benzene rings is 1. The lowest BCUT2D eigenvalue weighted by molar-refractivity contribution is 0.0950. The Bertz CT molecular complexity index is 927. The Balaban J connectivity index is 1.65. The third kappa shape index (κ3) is 5.53. The molecule has 1 amide bonds. The van der Waals surface area contributed by atoms with E-state index in [2.05, 4.69) is 15.0 Å². The van der Waals surface area contributed by atoms with Crippen LogP contribution in [0.25, 0.3) is 0 Å². The first kappa shape index (κ1) is 20.3. The lowest BCUT2D eigenvalue weighted by atomic mass is 10.2. The van der Waals surface area contributed by atoms with Gasteiger partial charge in [-0.15, -0.1) is 0 Å². The molecule has 1 aromatic carbocycles. The number of nitrogens with zero attached hydrogens (tertiary/aromatic N) is 1. The number of carbonyl (C=O) groups is 1. The van der Waals surface area contributed by atoms with Gasteiger partial charge in [-0.3, -0.25) is 4.79 Å². The van der Waals surface area contributed by atoms with Crippen LogP contribution in [-0.4, -0.2) is 32.5 Å². The van der Waals surface area contributed by atoms with Crippen molar-refractivity contribution in [3.63, 3.8) is 0 Å². The molecule has 1 aliphatic rings. The Hall–Kier alpha value is -2.45. The third-order valence-corrected chi connectivity index (χ3v) is 5.82. The molecule has 7 nitrogen and oxygen atoms in total. The van der Waals surface area contributed by atoms with Gasteiger partial charge in [0, 0.05) is 30.4 Å². The highest BCUT2D eigenvalue weighted by atomic mass is 32.2. The zero-order chi connectivity index (χ0) is 20.0. The minimum atomic E-state index is -3.62. The molecule has 0 bridgehead atoms.